The second kappa shape index (κ2) is 6.46. The molecule has 1 amide bonds. The highest BCUT2D eigenvalue weighted by atomic mass is 16.1. The SMILES string of the molecule is CCNC(=O)CC(C#N)Nc1ccccc1. The van der Waals surface area contributed by atoms with Crippen molar-refractivity contribution in [1.29, 1.82) is 5.26 Å². The van der Waals surface area contributed by atoms with Crippen molar-refractivity contribution in [3.05, 3.63) is 30.3 Å². The molecule has 0 heterocycles. The van der Waals surface area contributed by atoms with Gasteiger partial charge in [0.1, 0.15) is 6.04 Å². The van der Waals surface area contributed by atoms with Gasteiger partial charge in [-0.2, -0.15) is 5.26 Å². The molecule has 1 aromatic rings. The first-order chi connectivity index (χ1) is 7.76. The maximum Gasteiger partial charge on any atom is 0.223 e. The lowest BCUT2D eigenvalue weighted by molar-refractivity contribution is -0.121. The van der Waals surface area contributed by atoms with E-state index in [1.54, 1.807) is 0 Å². The van der Waals surface area contributed by atoms with Crippen molar-refractivity contribution in [3.63, 3.8) is 0 Å². The number of amides is 1. The second-order valence-electron chi connectivity index (χ2n) is 3.35. The van der Waals surface area contributed by atoms with Crippen molar-refractivity contribution in [2.45, 2.75) is 19.4 Å². The van der Waals surface area contributed by atoms with Gasteiger partial charge < -0.3 is 10.6 Å². The van der Waals surface area contributed by atoms with Crippen LogP contribution in [0, 0.1) is 11.3 Å². The van der Waals surface area contributed by atoms with Crippen LogP contribution >= 0.6 is 0 Å². The topological polar surface area (TPSA) is 64.9 Å². The summed E-state index contributed by atoms with van der Waals surface area (Å²) in [5.41, 5.74) is 0.846. The molecule has 1 atom stereocenters. The molecule has 0 spiro atoms. The third-order valence-electron chi connectivity index (χ3n) is 2.03. The van der Waals surface area contributed by atoms with Gasteiger partial charge in [-0.05, 0) is 19.1 Å². The van der Waals surface area contributed by atoms with Crippen LogP contribution in [-0.2, 0) is 4.79 Å². The number of nitriles is 1. The van der Waals surface area contributed by atoms with Crippen LogP contribution in [0.4, 0.5) is 5.69 Å². The number of para-hydroxylation sites is 1. The molecule has 0 aliphatic rings. The number of rotatable bonds is 5. The second-order valence-corrected chi connectivity index (χ2v) is 3.35. The lowest BCUT2D eigenvalue weighted by Gasteiger charge is -2.12. The van der Waals surface area contributed by atoms with Crippen molar-refractivity contribution in [2.75, 3.05) is 11.9 Å². The summed E-state index contributed by atoms with van der Waals surface area (Å²) in [6, 6.07) is 11.0. The van der Waals surface area contributed by atoms with Crippen LogP contribution in [0.3, 0.4) is 0 Å². The number of anilines is 1. The number of nitrogens with one attached hydrogen (secondary N) is 2. The Morgan fingerprint density at radius 3 is 2.69 bits per heavy atom. The smallest absolute Gasteiger partial charge is 0.223 e. The van der Waals surface area contributed by atoms with Gasteiger partial charge in [0, 0.05) is 12.2 Å². The van der Waals surface area contributed by atoms with Crippen LogP contribution < -0.4 is 10.6 Å². The van der Waals surface area contributed by atoms with Crippen LogP contribution in [0.2, 0.25) is 0 Å². The average molecular weight is 217 g/mol. The molecule has 4 nitrogen and oxygen atoms in total. The quantitative estimate of drug-likeness (QED) is 0.785. The van der Waals surface area contributed by atoms with Gasteiger partial charge in [-0.15, -0.1) is 0 Å². The minimum atomic E-state index is -0.492. The van der Waals surface area contributed by atoms with Gasteiger partial charge in [-0.25, -0.2) is 0 Å². The summed E-state index contributed by atoms with van der Waals surface area (Å²) in [5.74, 6) is -0.113. The van der Waals surface area contributed by atoms with E-state index < -0.39 is 6.04 Å². The zero-order chi connectivity index (χ0) is 11.8. The predicted molar refractivity (Wildman–Crippen MR) is 62.8 cm³/mol. The Morgan fingerprint density at radius 1 is 1.44 bits per heavy atom. The molecular formula is C12H15N3O. The van der Waals surface area contributed by atoms with Crippen LogP contribution in [0.5, 0.6) is 0 Å². The van der Waals surface area contributed by atoms with Gasteiger partial charge in [-0.1, -0.05) is 18.2 Å². The van der Waals surface area contributed by atoms with Crippen LogP contribution in [-0.4, -0.2) is 18.5 Å². The first kappa shape index (κ1) is 12.1. The van der Waals surface area contributed by atoms with Gasteiger partial charge in [-0.3, -0.25) is 4.79 Å². The minimum absolute atomic E-state index is 0.113. The van der Waals surface area contributed by atoms with E-state index >= 15 is 0 Å². The summed E-state index contributed by atoms with van der Waals surface area (Å²) < 4.78 is 0. The molecule has 0 saturated carbocycles. The third kappa shape index (κ3) is 4.01. The fraction of sp³-hybridized carbons (Fsp3) is 0.333. The highest BCUT2D eigenvalue weighted by Gasteiger charge is 2.11. The number of carbonyl (C=O) groups is 1. The molecule has 1 aromatic carbocycles. The van der Waals surface area contributed by atoms with Gasteiger partial charge in [0.15, 0.2) is 0 Å². The maximum atomic E-state index is 11.3. The zero-order valence-corrected chi connectivity index (χ0v) is 9.23. The van der Waals surface area contributed by atoms with Gasteiger partial charge in [0.05, 0.1) is 12.5 Å². The molecular weight excluding hydrogens is 202 g/mol. The van der Waals surface area contributed by atoms with E-state index in [-0.39, 0.29) is 12.3 Å². The highest BCUT2D eigenvalue weighted by molar-refractivity contribution is 5.77. The number of hydrogen-bond donors (Lipinski definition) is 2. The lowest BCUT2D eigenvalue weighted by Crippen LogP contribution is -2.30. The summed E-state index contributed by atoms with van der Waals surface area (Å²) in [6.45, 7) is 2.44. The Labute approximate surface area is 95.3 Å². The Bertz CT molecular complexity index is 370. The lowest BCUT2D eigenvalue weighted by atomic mass is 10.2. The Morgan fingerprint density at radius 2 is 2.12 bits per heavy atom. The van der Waals surface area contributed by atoms with E-state index in [9.17, 15) is 4.79 Å². The first-order valence-electron chi connectivity index (χ1n) is 5.24. The summed E-state index contributed by atoms with van der Waals surface area (Å²) in [5, 5.41) is 14.6. The molecule has 1 rings (SSSR count). The van der Waals surface area contributed by atoms with E-state index in [0.29, 0.717) is 6.54 Å². The van der Waals surface area contributed by atoms with Gasteiger partial charge in [0.25, 0.3) is 0 Å². The van der Waals surface area contributed by atoms with Crippen molar-refractivity contribution < 1.29 is 4.79 Å². The van der Waals surface area contributed by atoms with E-state index in [0.717, 1.165) is 5.69 Å². The summed E-state index contributed by atoms with van der Waals surface area (Å²) in [7, 11) is 0. The molecule has 0 radical (unpaired) electrons. The monoisotopic (exact) mass is 217 g/mol. The molecule has 4 heteroatoms. The van der Waals surface area contributed by atoms with Crippen molar-refractivity contribution in [3.8, 4) is 6.07 Å². The zero-order valence-electron chi connectivity index (χ0n) is 9.23. The van der Waals surface area contributed by atoms with Crippen LogP contribution in [0.25, 0.3) is 0 Å². The molecule has 0 aliphatic heterocycles. The standard InChI is InChI=1S/C12H15N3O/c1-2-14-12(16)8-11(9-13)15-10-6-4-3-5-7-10/h3-7,11,15H,2,8H2,1H3,(H,14,16). The van der Waals surface area contributed by atoms with Crippen LogP contribution in [0.1, 0.15) is 13.3 Å². The van der Waals surface area contributed by atoms with Gasteiger partial charge >= 0.3 is 0 Å². The third-order valence-corrected chi connectivity index (χ3v) is 2.03. The maximum absolute atomic E-state index is 11.3. The van der Waals surface area contributed by atoms with E-state index in [1.165, 1.54) is 0 Å². The van der Waals surface area contributed by atoms with Crippen LogP contribution in [0.15, 0.2) is 30.3 Å². The Kier molecular flexibility index (Phi) is 4.87. The van der Waals surface area contributed by atoms with E-state index in [1.807, 2.05) is 37.3 Å². The van der Waals surface area contributed by atoms with Crippen molar-refractivity contribution in [1.82, 2.24) is 5.32 Å². The molecule has 0 fully saturated rings. The molecule has 16 heavy (non-hydrogen) atoms. The molecule has 0 bridgehead atoms. The van der Waals surface area contributed by atoms with Gasteiger partial charge in [0.2, 0.25) is 5.91 Å². The summed E-state index contributed by atoms with van der Waals surface area (Å²) in [6.07, 6.45) is 0.166. The van der Waals surface area contributed by atoms with Crippen molar-refractivity contribution in [2.24, 2.45) is 0 Å². The minimum Gasteiger partial charge on any atom is -0.369 e. The number of benzene rings is 1. The van der Waals surface area contributed by atoms with E-state index in [2.05, 4.69) is 16.7 Å². The molecule has 1 unspecified atom stereocenters. The Hall–Kier alpha value is -2.02. The molecule has 0 aromatic heterocycles. The van der Waals surface area contributed by atoms with Crippen molar-refractivity contribution >= 4 is 11.6 Å². The average Bonchev–Trinajstić information content (AvgIpc) is 2.30. The largest absolute Gasteiger partial charge is 0.369 e. The highest BCUT2D eigenvalue weighted by Crippen LogP contribution is 2.08. The normalized spacial score (nSPS) is 11.2. The summed E-state index contributed by atoms with van der Waals surface area (Å²) in [4.78, 5) is 11.3. The molecule has 0 aliphatic carbocycles. The fourth-order valence-corrected chi connectivity index (χ4v) is 1.32. The predicted octanol–water partition coefficient (Wildman–Crippen LogP) is 1.52. The van der Waals surface area contributed by atoms with E-state index in [4.69, 9.17) is 5.26 Å². The fourth-order valence-electron chi connectivity index (χ4n) is 1.32. The number of nitrogens with zero attached hydrogens (tertiary/aromatic N) is 1. The number of carbonyl (C=O) groups excluding carboxylic acids is 1. The number of hydrogen-bond acceptors (Lipinski definition) is 3. The first-order valence-corrected chi connectivity index (χ1v) is 5.24. The summed E-state index contributed by atoms with van der Waals surface area (Å²) >= 11 is 0. The molecule has 84 valence electrons. The Balaban J connectivity index is 2.51. The molecule has 2 N–H and O–H groups in total. The molecule has 0 saturated heterocycles.